The fraction of sp³-hybridized carbons (Fsp3) is 0.0870. The van der Waals surface area contributed by atoms with Crippen LogP contribution < -0.4 is 20.1 Å². The van der Waals surface area contributed by atoms with Gasteiger partial charge in [-0.25, -0.2) is 4.98 Å². The van der Waals surface area contributed by atoms with E-state index in [-0.39, 0.29) is 11.0 Å². The van der Waals surface area contributed by atoms with Gasteiger partial charge in [-0.1, -0.05) is 36.4 Å². The summed E-state index contributed by atoms with van der Waals surface area (Å²) in [5.41, 5.74) is 2.21. The lowest BCUT2D eigenvalue weighted by Gasteiger charge is -2.09. The van der Waals surface area contributed by atoms with E-state index in [9.17, 15) is 4.79 Å². The molecule has 0 saturated carbocycles. The third-order valence-corrected chi connectivity index (χ3v) is 5.63. The van der Waals surface area contributed by atoms with Crippen LogP contribution in [0, 0.1) is 0 Å². The van der Waals surface area contributed by atoms with Crippen LogP contribution in [0.5, 0.6) is 11.5 Å². The summed E-state index contributed by atoms with van der Waals surface area (Å²) in [5.74, 6) is 1.00. The molecule has 0 atom stereocenters. The third kappa shape index (κ3) is 4.50. The van der Waals surface area contributed by atoms with Gasteiger partial charge < -0.3 is 14.8 Å². The lowest BCUT2D eigenvalue weighted by Crippen LogP contribution is -2.34. The molecule has 0 fully saturated rings. The van der Waals surface area contributed by atoms with Crippen molar-refractivity contribution in [2.45, 2.75) is 0 Å². The minimum atomic E-state index is -0.272. The molecule has 0 aliphatic heterocycles. The lowest BCUT2D eigenvalue weighted by atomic mass is 10.0. The largest absolute Gasteiger partial charge is 0.493 e. The first-order valence-electron chi connectivity index (χ1n) is 9.37. The number of anilines is 1. The number of thiazole rings is 1. The second kappa shape index (κ2) is 9.11. The van der Waals surface area contributed by atoms with Crippen LogP contribution in [0.1, 0.15) is 10.4 Å². The molecule has 0 bridgehead atoms. The van der Waals surface area contributed by atoms with E-state index in [1.54, 1.807) is 20.3 Å². The number of nitrogens with zero attached hydrogens (tertiary/aromatic N) is 1. The molecule has 0 spiro atoms. The Hall–Kier alpha value is -3.49. The zero-order valence-corrected chi connectivity index (χ0v) is 18.5. The topological polar surface area (TPSA) is 72.5 Å². The molecule has 1 aromatic heterocycles. The Kier molecular flexibility index (Phi) is 6.11. The molecule has 0 aliphatic carbocycles. The molecule has 3 aromatic carbocycles. The predicted octanol–water partition coefficient (Wildman–Crippen LogP) is 5.11. The highest BCUT2D eigenvalue weighted by atomic mass is 32.1. The first-order valence-corrected chi connectivity index (χ1v) is 10.7. The molecule has 0 radical (unpaired) electrons. The van der Waals surface area contributed by atoms with E-state index in [1.165, 1.54) is 11.3 Å². The number of rotatable bonds is 5. The summed E-state index contributed by atoms with van der Waals surface area (Å²) in [4.78, 5) is 17.3. The summed E-state index contributed by atoms with van der Waals surface area (Å²) in [7, 11) is 3.18. The monoisotopic (exact) mass is 449 g/mol. The van der Waals surface area contributed by atoms with E-state index >= 15 is 0 Å². The van der Waals surface area contributed by atoms with Crippen LogP contribution >= 0.6 is 23.6 Å². The molecule has 6 nitrogen and oxygen atoms in total. The fourth-order valence-corrected chi connectivity index (χ4v) is 4.16. The molecule has 0 saturated heterocycles. The first-order chi connectivity index (χ1) is 15.1. The number of benzene rings is 3. The number of ether oxygens (including phenoxy) is 2. The van der Waals surface area contributed by atoms with Gasteiger partial charge in [-0.05, 0) is 47.3 Å². The maximum absolute atomic E-state index is 12.7. The molecule has 4 rings (SSSR count). The molecule has 8 heteroatoms. The van der Waals surface area contributed by atoms with E-state index in [0.717, 1.165) is 22.0 Å². The van der Waals surface area contributed by atoms with Gasteiger partial charge in [0.15, 0.2) is 21.7 Å². The number of hydrogen-bond donors (Lipinski definition) is 2. The molecular formula is C23H19N3O3S2. The summed E-state index contributed by atoms with van der Waals surface area (Å²) in [6.07, 6.45) is 0. The van der Waals surface area contributed by atoms with Gasteiger partial charge in [0.1, 0.15) is 0 Å². The van der Waals surface area contributed by atoms with Gasteiger partial charge in [0, 0.05) is 16.5 Å². The normalized spacial score (nSPS) is 10.5. The van der Waals surface area contributed by atoms with E-state index in [0.29, 0.717) is 22.2 Å². The second-order valence-electron chi connectivity index (χ2n) is 6.54. The lowest BCUT2D eigenvalue weighted by molar-refractivity contribution is 0.0979. The van der Waals surface area contributed by atoms with Crippen LogP contribution in [0.4, 0.5) is 5.13 Å². The third-order valence-electron chi connectivity index (χ3n) is 4.67. The van der Waals surface area contributed by atoms with Crippen LogP contribution in [0.25, 0.3) is 22.0 Å². The van der Waals surface area contributed by atoms with Crippen LogP contribution in [0.15, 0.2) is 66.0 Å². The molecule has 0 unspecified atom stereocenters. The van der Waals surface area contributed by atoms with E-state index in [2.05, 4.69) is 15.6 Å². The van der Waals surface area contributed by atoms with Gasteiger partial charge in [0.25, 0.3) is 5.91 Å². The number of aromatic nitrogens is 1. The standard InChI is InChI=1S/C23H19N3O3S2/c1-28-19-11-10-15(12-20(19)29-2)18-13-31-23(24-18)26-22(30)25-21(27)17-9-5-7-14-6-3-4-8-16(14)17/h3-13H,1-2H3,(H2,24,25,26,27,30). The maximum atomic E-state index is 12.7. The van der Waals surface area contributed by atoms with Gasteiger partial charge in [0.2, 0.25) is 0 Å². The average molecular weight is 450 g/mol. The van der Waals surface area contributed by atoms with Crippen molar-refractivity contribution in [1.29, 1.82) is 0 Å². The molecule has 31 heavy (non-hydrogen) atoms. The minimum absolute atomic E-state index is 0.186. The summed E-state index contributed by atoms with van der Waals surface area (Å²) in [6, 6.07) is 18.9. The number of hydrogen-bond acceptors (Lipinski definition) is 6. The van der Waals surface area contributed by atoms with Crippen molar-refractivity contribution in [2.24, 2.45) is 0 Å². The summed E-state index contributed by atoms with van der Waals surface area (Å²) >= 11 is 6.71. The number of carbonyl (C=O) groups excluding carboxylic acids is 1. The van der Waals surface area contributed by atoms with Crippen LogP contribution in [0.2, 0.25) is 0 Å². The molecule has 2 N–H and O–H groups in total. The van der Waals surface area contributed by atoms with Crippen molar-refractivity contribution in [1.82, 2.24) is 10.3 Å². The van der Waals surface area contributed by atoms with Crippen LogP contribution in [-0.2, 0) is 0 Å². The minimum Gasteiger partial charge on any atom is -0.493 e. The highest BCUT2D eigenvalue weighted by Crippen LogP contribution is 2.33. The molecule has 0 aliphatic rings. The van der Waals surface area contributed by atoms with Gasteiger partial charge in [-0.2, -0.15) is 0 Å². The van der Waals surface area contributed by atoms with E-state index < -0.39 is 0 Å². The Morgan fingerprint density at radius 1 is 1.00 bits per heavy atom. The van der Waals surface area contributed by atoms with Crippen molar-refractivity contribution in [3.63, 3.8) is 0 Å². The molecule has 4 aromatic rings. The van der Waals surface area contributed by atoms with Crippen molar-refractivity contribution in [3.8, 4) is 22.8 Å². The Balaban J connectivity index is 1.46. The highest BCUT2D eigenvalue weighted by molar-refractivity contribution is 7.80. The number of amides is 1. The number of methoxy groups -OCH3 is 2. The van der Waals surface area contributed by atoms with Crippen molar-refractivity contribution < 1.29 is 14.3 Å². The van der Waals surface area contributed by atoms with E-state index in [4.69, 9.17) is 21.7 Å². The quantitative estimate of drug-likeness (QED) is 0.413. The smallest absolute Gasteiger partial charge is 0.258 e. The van der Waals surface area contributed by atoms with Gasteiger partial charge in [0.05, 0.1) is 19.9 Å². The zero-order chi connectivity index (χ0) is 21.8. The van der Waals surface area contributed by atoms with Gasteiger partial charge in [-0.15, -0.1) is 11.3 Å². The van der Waals surface area contributed by atoms with Crippen LogP contribution in [0.3, 0.4) is 0 Å². The summed E-state index contributed by atoms with van der Waals surface area (Å²) in [6.45, 7) is 0. The predicted molar refractivity (Wildman–Crippen MR) is 128 cm³/mol. The second-order valence-corrected chi connectivity index (χ2v) is 7.81. The SMILES string of the molecule is COc1ccc(-c2csc(NC(=S)NC(=O)c3cccc4ccccc34)n2)cc1OC. The first kappa shape index (κ1) is 20.8. The van der Waals surface area contributed by atoms with Crippen molar-refractivity contribution in [3.05, 3.63) is 71.6 Å². The van der Waals surface area contributed by atoms with E-state index in [1.807, 2.05) is 60.0 Å². The number of carbonyl (C=O) groups is 1. The molecule has 1 heterocycles. The Morgan fingerprint density at radius 2 is 1.77 bits per heavy atom. The number of nitrogens with one attached hydrogen (secondary N) is 2. The fourth-order valence-electron chi connectivity index (χ4n) is 3.18. The number of fused-ring (bicyclic) bond motifs is 1. The van der Waals surface area contributed by atoms with Gasteiger partial charge in [-0.3, -0.25) is 10.1 Å². The van der Waals surface area contributed by atoms with Crippen LogP contribution in [-0.4, -0.2) is 30.2 Å². The Labute approximate surface area is 188 Å². The number of thiocarbonyl (C=S) groups is 1. The Morgan fingerprint density at radius 3 is 2.58 bits per heavy atom. The molecular weight excluding hydrogens is 430 g/mol. The van der Waals surface area contributed by atoms with Gasteiger partial charge >= 0.3 is 0 Å². The van der Waals surface area contributed by atoms with Crippen molar-refractivity contribution in [2.75, 3.05) is 19.5 Å². The average Bonchev–Trinajstić information content (AvgIpc) is 3.26. The summed E-state index contributed by atoms with van der Waals surface area (Å²) in [5, 5.41) is 10.2. The summed E-state index contributed by atoms with van der Waals surface area (Å²) < 4.78 is 10.6. The highest BCUT2D eigenvalue weighted by Gasteiger charge is 2.13. The molecule has 1 amide bonds. The van der Waals surface area contributed by atoms with Crippen molar-refractivity contribution >= 4 is 50.5 Å². The zero-order valence-electron chi connectivity index (χ0n) is 16.8. The maximum Gasteiger partial charge on any atom is 0.258 e. The Bertz CT molecular complexity index is 1260. The molecule has 156 valence electrons.